The van der Waals surface area contributed by atoms with E-state index in [0.29, 0.717) is 5.56 Å². The van der Waals surface area contributed by atoms with Crippen molar-refractivity contribution in [2.24, 2.45) is 5.73 Å². The number of hydrogen-bond donors (Lipinski definition) is 1. The summed E-state index contributed by atoms with van der Waals surface area (Å²) in [5.41, 5.74) is 5.59. The number of halogens is 1. The molecule has 29 heavy (non-hydrogen) atoms. The molecule has 1 aliphatic rings. The van der Waals surface area contributed by atoms with Crippen molar-refractivity contribution in [1.29, 1.82) is 5.26 Å². The van der Waals surface area contributed by atoms with E-state index in [1.54, 1.807) is 12.1 Å². The molecule has 1 aliphatic heterocycles. The molecule has 1 heterocycles. The highest BCUT2D eigenvalue weighted by atomic mass is 32.2. The van der Waals surface area contributed by atoms with Crippen LogP contribution in [0.25, 0.3) is 0 Å². The smallest absolute Gasteiger partial charge is 0.269 e. The summed E-state index contributed by atoms with van der Waals surface area (Å²) in [5.74, 6) is -1.95. The fourth-order valence-corrected chi connectivity index (χ4v) is 4.15. The average Bonchev–Trinajstić information content (AvgIpc) is 2.99. The SMILES string of the molecule is N#C/C(C(N)=O)=C1/S[C@@H](Cc2cccc([N+](=O)[O-])c2)C(=O)N1c1ccc(F)cc1. The molecule has 1 fully saturated rings. The Labute approximate surface area is 168 Å². The van der Waals surface area contributed by atoms with E-state index in [4.69, 9.17) is 5.73 Å². The standard InChI is InChI=1S/C19H13FN4O4S/c20-12-4-6-13(7-5-12)23-18(26)16(29-19(23)15(10-21)17(22)25)9-11-2-1-3-14(8-11)24(27)28/h1-8,16H,9H2,(H2,22,25)/b19-15-/t16-/m0/s1. The number of carbonyl (C=O) groups excluding carboxylic acids is 2. The van der Waals surface area contributed by atoms with Crippen molar-refractivity contribution < 1.29 is 18.9 Å². The molecule has 0 radical (unpaired) electrons. The molecule has 0 saturated carbocycles. The number of carbonyl (C=O) groups is 2. The number of nitro benzene ring substituents is 1. The third-order valence-electron chi connectivity index (χ3n) is 4.15. The van der Waals surface area contributed by atoms with E-state index in [9.17, 15) is 29.4 Å². The maximum atomic E-state index is 13.3. The molecule has 2 aromatic carbocycles. The second kappa shape index (κ2) is 8.12. The zero-order valence-corrected chi connectivity index (χ0v) is 15.6. The Morgan fingerprint density at radius 2 is 2.00 bits per heavy atom. The summed E-state index contributed by atoms with van der Waals surface area (Å²) in [6.07, 6.45) is 0.129. The van der Waals surface area contributed by atoms with Crippen molar-refractivity contribution in [3.8, 4) is 6.07 Å². The number of non-ortho nitro benzene ring substituents is 1. The van der Waals surface area contributed by atoms with Crippen LogP contribution in [0.3, 0.4) is 0 Å². The number of nitrogens with zero attached hydrogens (tertiary/aromatic N) is 3. The van der Waals surface area contributed by atoms with Gasteiger partial charge < -0.3 is 5.73 Å². The molecule has 2 amide bonds. The molecule has 3 rings (SSSR count). The molecular weight excluding hydrogens is 399 g/mol. The van der Waals surface area contributed by atoms with Crippen molar-refractivity contribution in [2.75, 3.05) is 4.90 Å². The van der Waals surface area contributed by atoms with E-state index in [2.05, 4.69) is 0 Å². The average molecular weight is 412 g/mol. The van der Waals surface area contributed by atoms with Gasteiger partial charge in [-0.3, -0.25) is 24.6 Å². The van der Waals surface area contributed by atoms with Crippen molar-refractivity contribution in [1.82, 2.24) is 0 Å². The van der Waals surface area contributed by atoms with Crippen molar-refractivity contribution >= 4 is 35.0 Å². The predicted molar refractivity (Wildman–Crippen MR) is 104 cm³/mol. The maximum absolute atomic E-state index is 13.3. The molecule has 8 nitrogen and oxygen atoms in total. The number of rotatable bonds is 5. The minimum absolute atomic E-state index is 0.0482. The first-order chi connectivity index (χ1) is 13.8. The van der Waals surface area contributed by atoms with Crippen LogP contribution < -0.4 is 10.6 Å². The summed E-state index contributed by atoms with van der Waals surface area (Å²) < 4.78 is 13.3. The Morgan fingerprint density at radius 3 is 2.59 bits per heavy atom. The molecule has 0 unspecified atom stereocenters. The van der Waals surface area contributed by atoms with E-state index < -0.39 is 33.4 Å². The summed E-state index contributed by atoms with van der Waals surface area (Å²) >= 11 is 0.965. The van der Waals surface area contributed by atoms with Gasteiger partial charge in [-0.25, -0.2) is 4.39 Å². The van der Waals surface area contributed by atoms with Crippen molar-refractivity contribution in [3.05, 3.63) is 80.6 Å². The molecule has 2 aromatic rings. The number of nitrogens with two attached hydrogens (primary N) is 1. The second-order valence-corrected chi connectivity index (χ2v) is 7.24. The van der Waals surface area contributed by atoms with Crippen LogP contribution in [-0.2, 0) is 16.0 Å². The number of amides is 2. The molecule has 1 saturated heterocycles. The van der Waals surface area contributed by atoms with Crippen LogP contribution in [0.15, 0.2) is 59.1 Å². The molecule has 0 aliphatic carbocycles. The zero-order valence-electron chi connectivity index (χ0n) is 14.7. The Bertz CT molecular complexity index is 1080. The predicted octanol–water partition coefficient (Wildman–Crippen LogP) is 2.65. The van der Waals surface area contributed by atoms with Crippen molar-refractivity contribution in [3.63, 3.8) is 0 Å². The first-order valence-electron chi connectivity index (χ1n) is 8.25. The number of hydrogen-bond acceptors (Lipinski definition) is 6. The Kier molecular flexibility index (Phi) is 5.61. The van der Waals surface area contributed by atoms with Gasteiger partial charge >= 0.3 is 0 Å². The lowest BCUT2D eigenvalue weighted by Gasteiger charge is -2.18. The van der Waals surface area contributed by atoms with E-state index >= 15 is 0 Å². The Hall–Kier alpha value is -3.71. The highest BCUT2D eigenvalue weighted by Crippen LogP contribution is 2.42. The minimum Gasteiger partial charge on any atom is -0.365 e. The van der Waals surface area contributed by atoms with Gasteiger partial charge in [-0.1, -0.05) is 23.9 Å². The number of nitriles is 1. The van der Waals surface area contributed by atoms with Gasteiger partial charge in [-0.15, -0.1) is 0 Å². The molecule has 2 N–H and O–H groups in total. The number of benzene rings is 2. The number of primary amides is 1. The molecular formula is C19H13FN4O4S. The largest absolute Gasteiger partial charge is 0.365 e. The van der Waals surface area contributed by atoms with E-state index in [-0.39, 0.29) is 22.8 Å². The minimum atomic E-state index is -0.995. The van der Waals surface area contributed by atoms with Crippen LogP contribution >= 0.6 is 11.8 Å². The fraction of sp³-hybridized carbons (Fsp3) is 0.105. The number of anilines is 1. The highest BCUT2D eigenvalue weighted by molar-refractivity contribution is 8.05. The monoisotopic (exact) mass is 412 g/mol. The fourth-order valence-electron chi connectivity index (χ4n) is 2.84. The van der Waals surface area contributed by atoms with Crippen LogP contribution in [0.1, 0.15) is 5.56 Å². The first-order valence-corrected chi connectivity index (χ1v) is 9.13. The molecule has 0 bridgehead atoms. The highest BCUT2D eigenvalue weighted by Gasteiger charge is 2.40. The summed E-state index contributed by atoms with van der Waals surface area (Å²) in [5, 5.41) is 19.6. The van der Waals surface area contributed by atoms with Gasteiger partial charge in [0.1, 0.15) is 22.5 Å². The summed E-state index contributed by atoms with van der Waals surface area (Å²) in [7, 11) is 0. The van der Waals surface area contributed by atoms with E-state index in [1.807, 2.05) is 0 Å². The zero-order chi connectivity index (χ0) is 21.1. The quantitative estimate of drug-likeness (QED) is 0.348. The first kappa shape index (κ1) is 20.0. The second-order valence-electron chi connectivity index (χ2n) is 6.04. The van der Waals surface area contributed by atoms with Crippen LogP contribution in [-0.4, -0.2) is 22.0 Å². The van der Waals surface area contributed by atoms with Crippen LogP contribution in [0.4, 0.5) is 15.8 Å². The molecule has 1 atom stereocenters. The van der Waals surface area contributed by atoms with E-state index in [1.165, 1.54) is 30.3 Å². The molecule has 146 valence electrons. The van der Waals surface area contributed by atoms with Gasteiger partial charge in [0, 0.05) is 17.8 Å². The Morgan fingerprint density at radius 1 is 1.31 bits per heavy atom. The molecule has 0 spiro atoms. The van der Waals surface area contributed by atoms with Gasteiger partial charge in [0.25, 0.3) is 11.6 Å². The topological polar surface area (TPSA) is 130 Å². The Balaban J connectivity index is 2.01. The van der Waals surface area contributed by atoms with Crippen LogP contribution in [0.5, 0.6) is 0 Å². The maximum Gasteiger partial charge on any atom is 0.269 e. The lowest BCUT2D eigenvalue weighted by atomic mass is 10.1. The van der Waals surface area contributed by atoms with Gasteiger partial charge in [0.2, 0.25) is 5.91 Å². The van der Waals surface area contributed by atoms with Gasteiger partial charge in [0.15, 0.2) is 0 Å². The lowest BCUT2D eigenvalue weighted by molar-refractivity contribution is -0.384. The third kappa shape index (κ3) is 4.09. The van der Waals surface area contributed by atoms with E-state index in [0.717, 1.165) is 28.8 Å². The molecule has 0 aromatic heterocycles. The van der Waals surface area contributed by atoms with Crippen molar-refractivity contribution in [2.45, 2.75) is 11.7 Å². The molecule has 10 heteroatoms. The summed E-state index contributed by atoms with van der Waals surface area (Å²) in [6.45, 7) is 0. The summed E-state index contributed by atoms with van der Waals surface area (Å²) in [6, 6.07) is 12.5. The van der Waals surface area contributed by atoms with Gasteiger partial charge in [-0.2, -0.15) is 5.26 Å². The summed E-state index contributed by atoms with van der Waals surface area (Å²) in [4.78, 5) is 36.3. The van der Waals surface area contributed by atoms with Crippen LogP contribution in [0, 0.1) is 27.3 Å². The van der Waals surface area contributed by atoms with Gasteiger partial charge in [-0.05, 0) is 36.2 Å². The van der Waals surface area contributed by atoms with Gasteiger partial charge in [0.05, 0.1) is 10.2 Å². The normalized spacial score (nSPS) is 17.7. The van der Waals surface area contributed by atoms with Crippen LogP contribution in [0.2, 0.25) is 0 Å². The third-order valence-corrected chi connectivity index (χ3v) is 5.41. The number of thioether (sulfide) groups is 1. The number of nitro groups is 1. The lowest BCUT2D eigenvalue weighted by Crippen LogP contribution is -2.31.